The maximum absolute atomic E-state index is 14.3. The summed E-state index contributed by atoms with van der Waals surface area (Å²) in [4.78, 5) is 42.7. The number of para-hydroxylation sites is 1. The summed E-state index contributed by atoms with van der Waals surface area (Å²) in [6.07, 6.45) is -4.65. The molecule has 3 amide bonds. The minimum absolute atomic E-state index is 0.0228. The molecule has 1 fully saturated rings. The summed E-state index contributed by atoms with van der Waals surface area (Å²) in [6.45, 7) is 1.85. The van der Waals surface area contributed by atoms with Gasteiger partial charge in [0, 0.05) is 17.4 Å². The molecule has 204 valence electrons. The Morgan fingerprint density at radius 1 is 0.805 bits per heavy atom. The third kappa shape index (κ3) is 3.46. The Hall–Kier alpha value is -4.72. The van der Waals surface area contributed by atoms with Gasteiger partial charge in [-0.15, -0.1) is 0 Å². The Labute approximate surface area is 233 Å². The van der Waals surface area contributed by atoms with Crippen LogP contribution in [0.15, 0.2) is 97.1 Å². The van der Waals surface area contributed by atoms with Crippen molar-refractivity contribution in [3.63, 3.8) is 0 Å². The number of alkyl halides is 3. The third-order valence-corrected chi connectivity index (χ3v) is 8.86. The van der Waals surface area contributed by atoms with Gasteiger partial charge in [0.25, 0.3) is 5.91 Å². The number of halogens is 3. The lowest BCUT2D eigenvalue weighted by atomic mass is 9.48. The predicted octanol–water partition coefficient (Wildman–Crippen LogP) is 6.74. The molecular formula is C33H23F3N2O3. The van der Waals surface area contributed by atoms with Crippen LogP contribution in [-0.4, -0.2) is 17.7 Å². The summed E-state index contributed by atoms with van der Waals surface area (Å²) in [5, 5.41) is 2.33. The predicted molar refractivity (Wildman–Crippen MR) is 146 cm³/mol. The fourth-order valence-corrected chi connectivity index (χ4v) is 7.18. The summed E-state index contributed by atoms with van der Waals surface area (Å²) in [5.41, 5.74) is 1.99. The average molecular weight is 553 g/mol. The molecule has 1 saturated heterocycles. The first-order valence-corrected chi connectivity index (χ1v) is 13.3. The highest BCUT2D eigenvalue weighted by atomic mass is 19.4. The van der Waals surface area contributed by atoms with E-state index in [4.69, 9.17) is 0 Å². The number of nitrogens with one attached hydrogen (secondary N) is 1. The van der Waals surface area contributed by atoms with Gasteiger partial charge in [0.05, 0.1) is 28.3 Å². The zero-order valence-electron chi connectivity index (χ0n) is 21.8. The Morgan fingerprint density at radius 3 is 2.02 bits per heavy atom. The number of anilines is 2. The molecule has 1 aliphatic heterocycles. The van der Waals surface area contributed by atoms with Crippen LogP contribution in [0.4, 0.5) is 24.5 Å². The molecular weight excluding hydrogens is 529 g/mol. The highest BCUT2D eigenvalue weighted by Gasteiger charge is 2.68. The van der Waals surface area contributed by atoms with Crippen molar-refractivity contribution in [2.75, 3.05) is 10.2 Å². The Balaban J connectivity index is 1.27. The number of carbonyl (C=O) groups excluding carboxylic acids is 3. The number of carbonyl (C=O) groups is 3. The Morgan fingerprint density at radius 2 is 1.39 bits per heavy atom. The second kappa shape index (κ2) is 8.64. The quantitative estimate of drug-likeness (QED) is 0.286. The zero-order valence-corrected chi connectivity index (χ0v) is 21.8. The van der Waals surface area contributed by atoms with Crippen LogP contribution in [0.1, 0.15) is 56.9 Å². The van der Waals surface area contributed by atoms with Gasteiger partial charge in [-0.25, -0.2) is 4.90 Å². The smallest absolute Gasteiger partial charge is 0.321 e. The number of amides is 3. The van der Waals surface area contributed by atoms with Gasteiger partial charge >= 0.3 is 6.18 Å². The third-order valence-electron chi connectivity index (χ3n) is 8.86. The minimum Gasteiger partial charge on any atom is -0.321 e. The molecule has 1 heterocycles. The van der Waals surface area contributed by atoms with Crippen LogP contribution in [0.3, 0.4) is 0 Å². The SMILES string of the molecule is C[C@]12C(=O)N(c3cccc(C(=O)Nc4ccccc4C(F)(F)F)c3)C(=O)[C@@H]1C1c3ccccc3C2c2ccccc21. The van der Waals surface area contributed by atoms with Gasteiger partial charge in [-0.1, -0.05) is 66.7 Å². The van der Waals surface area contributed by atoms with E-state index in [1.807, 2.05) is 55.5 Å². The van der Waals surface area contributed by atoms with Crippen LogP contribution in [0, 0.1) is 11.3 Å². The summed E-state index contributed by atoms with van der Waals surface area (Å²) in [7, 11) is 0. The largest absolute Gasteiger partial charge is 0.418 e. The zero-order chi connectivity index (χ0) is 28.7. The standard InChI is InChI=1S/C33H23F3N2O3/c1-32-27-22-13-4-2-11-20(22)26(21-12-3-5-14-23(21)27)28(32)30(40)38(31(32)41)19-10-8-9-18(17-19)29(39)37-25-16-7-6-15-24(25)33(34,35)36/h2-17,26-28H,1H3,(H,37,39)/t26?,27?,28-,32+/m0/s1. The van der Waals surface area contributed by atoms with Crippen LogP contribution < -0.4 is 10.2 Å². The molecule has 2 atom stereocenters. The maximum Gasteiger partial charge on any atom is 0.418 e. The van der Waals surface area contributed by atoms with E-state index in [1.165, 1.54) is 36.4 Å². The van der Waals surface area contributed by atoms with Gasteiger partial charge in [0.1, 0.15) is 0 Å². The van der Waals surface area contributed by atoms with Crippen molar-refractivity contribution in [3.05, 3.63) is 130 Å². The highest BCUT2D eigenvalue weighted by Crippen LogP contribution is 2.67. The van der Waals surface area contributed by atoms with Gasteiger partial charge in [-0.2, -0.15) is 13.2 Å². The van der Waals surface area contributed by atoms with E-state index < -0.39 is 29.0 Å². The summed E-state index contributed by atoms with van der Waals surface area (Å²) in [6, 6.07) is 26.5. The molecule has 4 aromatic rings. The Kier molecular flexibility index (Phi) is 5.32. The maximum atomic E-state index is 14.3. The monoisotopic (exact) mass is 552 g/mol. The lowest BCUT2D eigenvalue weighted by Gasteiger charge is -2.51. The second-order valence-corrected chi connectivity index (χ2v) is 11.0. The first-order chi connectivity index (χ1) is 19.6. The Bertz CT molecular complexity index is 1730. The molecule has 0 spiro atoms. The first kappa shape index (κ1) is 25.3. The molecule has 2 bridgehead atoms. The summed E-state index contributed by atoms with van der Waals surface area (Å²) >= 11 is 0. The summed E-state index contributed by atoms with van der Waals surface area (Å²) in [5.74, 6) is -2.75. The normalized spacial score (nSPS) is 24.1. The lowest BCUT2D eigenvalue weighted by Crippen LogP contribution is -2.49. The number of benzene rings is 4. The van der Waals surface area contributed by atoms with Gasteiger partial charge in [-0.05, 0) is 59.5 Å². The van der Waals surface area contributed by atoms with Crippen LogP contribution in [0.2, 0.25) is 0 Å². The number of rotatable bonds is 3. The van der Waals surface area contributed by atoms with Crippen molar-refractivity contribution in [2.45, 2.75) is 24.9 Å². The van der Waals surface area contributed by atoms with E-state index in [1.54, 1.807) is 6.07 Å². The number of hydrogen-bond donors (Lipinski definition) is 1. The number of nitrogens with zero attached hydrogens (tertiary/aromatic N) is 1. The fraction of sp³-hybridized carbons (Fsp3) is 0.182. The molecule has 0 unspecified atom stereocenters. The molecule has 0 saturated carbocycles. The van der Waals surface area contributed by atoms with E-state index in [0.29, 0.717) is 0 Å². The molecule has 3 aliphatic carbocycles. The molecule has 4 aliphatic rings. The van der Waals surface area contributed by atoms with Gasteiger partial charge < -0.3 is 5.32 Å². The molecule has 0 aromatic heterocycles. The number of hydrogen-bond acceptors (Lipinski definition) is 3. The topological polar surface area (TPSA) is 66.5 Å². The molecule has 5 nitrogen and oxygen atoms in total. The van der Waals surface area contributed by atoms with Crippen LogP contribution >= 0.6 is 0 Å². The fourth-order valence-electron chi connectivity index (χ4n) is 7.18. The van der Waals surface area contributed by atoms with Crippen molar-refractivity contribution in [1.82, 2.24) is 0 Å². The molecule has 0 radical (unpaired) electrons. The number of imide groups is 1. The first-order valence-electron chi connectivity index (χ1n) is 13.3. The van der Waals surface area contributed by atoms with Crippen LogP contribution in [0.25, 0.3) is 0 Å². The van der Waals surface area contributed by atoms with E-state index in [2.05, 4.69) is 5.32 Å². The molecule has 4 aromatic carbocycles. The van der Waals surface area contributed by atoms with Crippen molar-refractivity contribution in [3.8, 4) is 0 Å². The van der Waals surface area contributed by atoms with Crippen molar-refractivity contribution in [2.24, 2.45) is 11.3 Å². The van der Waals surface area contributed by atoms with Crippen LogP contribution in [-0.2, 0) is 15.8 Å². The highest BCUT2D eigenvalue weighted by molar-refractivity contribution is 6.25. The van der Waals surface area contributed by atoms with Crippen molar-refractivity contribution >= 4 is 29.1 Å². The molecule has 1 N–H and O–H groups in total. The van der Waals surface area contributed by atoms with E-state index in [0.717, 1.165) is 33.2 Å². The van der Waals surface area contributed by atoms with Gasteiger partial charge in [0.2, 0.25) is 11.8 Å². The van der Waals surface area contributed by atoms with E-state index >= 15 is 0 Å². The second-order valence-electron chi connectivity index (χ2n) is 11.0. The lowest BCUT2D eigenvalue weighted by molar-refractivity contribution is -0.137. The van der Waals surface area contributed by atoms with E-state index in [9.17, 15) is 27.6 Å². The van der Waals surface area contributed by atoms with Crippen molar-refractivity contribution in [1.29, 1.82) is 0 Å². The average Bonchev–Trinajstić information content (AvgIpc) is 3.17. The molecule has 41 heavy (non-hydrogen) atoms. The van der Waals surface area contributed by atoms with Gasteiger partial charge in [0.15, 0.2) is 0 Å². The minimum atomic E-state index is -4.65. The van der Waals surface area contributed by atoms with Crippen LogP contribution in [0.5, 0.6) is 0 Å². The van der Waals surface area contributed by atoms with Crippen molar-refractivity contribution < 1.29 is 27.6 Å². The molecule has 8 rings (SSSR count). The van der Waals surface area contributed by atoms with E-state index in [-0.39, 0.29) is 40.6 Å². The van der Waals surface area contributed by atoms with Gasteiger partial charge in [-0.3, -0.25) is 14.4 Å². The summed E-state index contributed by atoms with van der Waals surface area (Å²) < 4.78 is 40.4. The molecule has 8 heteroatoms.